The molecule has 0 bridgehead atoms. The second-order valence-corrected chi connectivity index (χ2v) is 9.67. The minimum absolute atomic E-state index is 0. The van der Waals surface area contributed by atoms with E-state index in [0.29, 0.717) is 0 Å². The minimum atomic E-state index is -2.97. The molecule has 28 nitrogen and oxygen atoms in total. The summed E-state index contributed by atoms with van der Waals surface area (Å²) in [6, 6.07) is 0. The Morgan fingerprint density at radius 1 is 0.255 bits per heavy atom. The van der Waals surface area contributed by atoms with Crippen LogP contribution >= 0.6 is 0 Å². The maximum atomic E-state index is 10.1. The third kappa shape index (κ3) is 33.3. The summed E-state index contributed by atoms with van der Waals surface area (Å²) >= 11 is 0. The molecule has 0 aliphatic heterocycles. The number of rotatable bonds is 20. The molecule has 31 heteroatoms. The molecule has 0 rings (SSSR count). The minimum Gasteiger partial charge on any atom is -0.550 e. The number of carbonyl (C=O) groups excluding carboxylic acids is 12. The fraction of sp³-hybridized carbons (Fsp3) is 0.500. The van der Waals surface area contributed by atoms with E-state index in [9.17, 15) is 119 Å². The summed E-state index contributed by atoms with van der Waals surface area (Å²) in [5.41, 5.74) is -11.9. The number of aliphatic carboxylic acids is 12. The number of carbonyl (C=O) groups is 12. The molecule has 0 fully saturated rings. The van der Waals surface area contributed by atoms with Crippen LogP contribution in [-0.4, -0.2) is 114 Å². The van der Waals surface area contributed by atoms with E-state index in [1.165, 1.54) is 0 Å². The van der Waals surface area contributed by atoms with E-state index in [1.54, 1.807) is 0 Å². The summed E-state index contributed by atoms with van der Waals surface area (Å²) < 4.78 is 0. The van der Waals surface area contributed by atoms with E-state index < -0.39 is 145 Å². The monoisotopic (exact) mass is 1450 g/mol. The van der Waals surface area contributed by atoms with Gasteiger partial charge in [-0.2, -0.15) is 0 Å². The molecule has 0 aliphatic rings. The van der Waals surface area contributed by atoms with E-state index in [4.69, 9.17) is 20.4 Å². The van der Waals surface area contributed by atoms with Crippen molar-refractivity contribution in [1.82, 2.24) is 0 Å². The average Bonchev–Trinajstić information content (AvgIpc) is 2.85. The van der Waals surface area contributed by atoms with E-state index in [2.05, 4.69) is 0 Å². The van der Waals surface area contributed by atoms with Crippen LogP contribution in [0.15, 0.2) is 0 Å². The van der Waals surface area contributed by atoms with Crippen molar-refractivity contribution in [2.24, 2.45) is 0 Å². The molecular weight excluding hydrogens is 1430 g/mol. The van der Waals surface area contributed by atoms with Crippen LogP contribution in [-0.2, 0) is 57.5 Å². The van der Waals surface area contributed by atoms with Crippen LogP contribution in [0.3, 0.4) is 0 Å². The molecule has 4 N–H and O–H groups in total. The molecule has 0 unspecified atom stereocenters. The molecule has 0 aromatic carbocycles. The summed E-state index contributed by atoms with van der Waals surface area (Å²) in [6.45, 7) is 0. The smallest absolute Gasteiger partial charge is 0.550 e. The molecule has 0 saturated carbocycles. The van der Waals surface area contributed by atoms with Gasteiger partial charge in [-0.3, -0.25) is 0 Å². The normalized spacial score (nSPS) is 10.3. The molecule has 0 atom stereocenters. The Morgan fingerprint density at radius 2 is 0.327 bits per heavy atom. The zero-order valence-electron chi connectivity index (χ0n) is 26.7. The zero-order valence-corrected chi connectivity index (χ0v) is 39.1. The van der Waals surface area contributed by atoms with Gasteiger partial charge in [0.05, 0.1) is 23.9 Å². The maximum Gasteiger partial charge on any atom is 4.00 e. The van der Waals surface area contributed by atoms with Crippen LogP contribution in [0.4, 0.5) is 0 Å². The third-order valence-electron chi connectivity index (χ3n) is 5.01. The Labute approximate surface area is 399 Å². The number of carboxylic acids is 12. The van der Waals surface area contributed by atoms with Gasteiger partial charge in [0.1, 0.15) is 22.4 Å². The first-order valence-electron chi connectivity index (χ1n) is 12.5. The van der Waals surface area contributed by atoms with Crippen molar-refractivity contribution in [3.05, 3.63) is 0 Å². The van der Waals surface area contributed by atoms with Crippen molar-refractivity contribution in [1.29, 1.82) is 0 Å². The first-order valence-corrected chi connectivity index (χ1v) is 12.5. The Hall–Kier alpha value is -2.55. The van der Waals surface area contributed by atoms with Crippen LogP contribution in [0.5, 0.6) is 0 Å². The molecule has 0 heterocycles. The summed E-state index contributed by atoms with van der Waals surface area (Å²) in [7, 11) is 0. The standard InChI is InChI=1S/4C6H8O7.3Th/c4*7-3(8)1-6(13,5(11)12)2-4(9)10;;;/h4*13H,1-2H2,(H,7,8)(H,9,10)(H,11,12);;;/q;;;;3*+4/p-12. The van der Waals surface area contributed by atoms with E-state index in [1.807, 2.05) is 0 Å². The predicted molar refractivity (Wildman–Crippen MR) is 117 cm³/mol. The summed E-state index contributed by atoms with van der Waals surface area (Å²) in [6.07, 6.45) is -10.9. The van der Waals surface area contributed by atoms with Crippen LogP contribution in [0.2, 0.25) is 0 Å². The van der Waals surface area contributed by atoms with E-state index in [-0.39, 0.29) is 120 Å². The molecule has 0 saturated heterocycles. The Bertz CT molecular complexity index is 1130. The average molecular weight is 1450 g/mol. The van der Waals surface area contributed by atoms with Crippen molar-refractivity contribution in [3.8, 4) is 0 Å². The quantitative estimate of drug-likeness (QED) is 0.0879. The van der Waals surface area contributed by atoms with Crippen molar-refractivity contribution in [2.45, 2.75) is 73.8 Å². The van der Waals surface area contributed by atoms with Gasteiger partial charge in [-0.25, -0.2) is 0 Å². The molecule has 55 heavy (non-hydrogen) atoms. The molecule has 296 valence electrons. The van der Waals surface area contributed by atoms with Gasteiger partial charge < -0.3 is 139 Å². The molecule has 0 amide bonds. The molecular formula is C24H20O28Th3. The van der Waals surface area contributed by atoms with Crippen molar-refractivity contribution in [2.75, 3.05) is 0 Å². The molecule has 0 aliphatic carbocycles. The molecule has 0 radical (unpaired) electrons. The van der Waals surface area contributed by atoms with E-state index >= 15 is 0 Å². The van der Waals surface area contributed by atoms with Crippen LogP contribution in [0.1, 0.15) is 51.4 Å². The van der Waals surface area contributed by atoms with Gasteiger partial charge in [0.25, 0.3) is 0 Å². The second-order valence-electron chi connectivity index (χ2n) is 9.67. The Morgan fingerprint density at radius 3 is 0.364 bits per heavy atom. The molecule has 0 aromatic heterocycles. The first-order chi connectivity index (χ1) is 23.1. The summed E-state index contributed by atoms with van der Waals surface area (Å²) in [4.78, 5) is 120. The summed E-state index contributed by atoms with van der Waals surface area (Å²) in [5, 5.41) is 156. The van der Waals surface area contributed by atoms with Gasteiger partial charge in [0, 0.05) is 99.1 Å². The van der Waals surface area contributed by atoms with Gasteiger partial charge in [-0.05, 0) is 0 Å². The summed E-state index contributed by atoms with van der Waals surface area (Å²) in [5.74, 6) is -23.9. The number of carboxylic acid groups (broad SMARTS) is 12. The van der Waals surface area contributed by atoms with Crippen LogP contribution < -0.4 is 61.3 Å². The topological polar surface area (TPSA) is 562 Å². The third-order valence-corrected chi connectivity index (χ3v) is 5.01. The van der Waals surface area contributed by atoms with Crippen LogP contribution in [0.25, 0.3) is 0 Å². The molecule has 0 spiro atoms. The van der Waals surface area contributed by atoms with Crippen molar-refractivity contribution < 1.29 is 259 Å². The Balaban J connectivity index is -0.000000110. The number of hydrogen-bond donors (Lipinski definition) is 4. The predicted octanol–water partition coefficient (Wildman–Crippen LogP) is -21.0. The van der Waals surface area contributed by atoms with Gasteiger partial charge in [0.2, 0.25) is 0 Å². The van der Waals surface area contributed by atoms with Crippen molar-refractivity contribution >= 4 is 71.6 Å². The van der Waals surface area contributed by atoms with Gasteiger partial charge in [-0.15, -0.1) is 0 Å². The van der Waals surface area contributed by atoms with Gasteiger partial charge in [0.15, 0.2) is 0 Å². The first kappa shape index (κ1) is 67.2. The zero-order chi connectivity index (χ0) is 42.6. The maximum absolute atomic E-state index is 10.1. The number of aliphatic hydroxyl groups is 4. The van der Waals surface area contributed by atoms with Gasteiger partial charge >= 0.3 is 120 Å². The number of hydrogen-bond acceptors (Lipinski definition) is 28. The second kappa shape index (κ2) is 30.6. The van der Waals surface area contributed by atoms with Gasteiger partial charge in [-0.1, -0.05) is 0 Å². The largest absolute Gasteiger partial charge is 4.00 e. The molecule has 0 aromatic rings. The Kier molecular flexibility index (Phi) is 37.4. The SMILES string of the molecule is O=C([O-])CC(O)(CC(=O)[O-])C(=O)[O-].O=C([O-])CC(O)(CC(=O)[O-])C(=O)[O-].O=C([O-])CC(O)(CC(=O)[O-])C(=O)[O-].O=C([O-])CC(O)(CC(=O)[O-])C(=O)[O-].[Th+4].[Th+4].[Th+4]. The van der Waals surface area contributed by atoms with E-state index in [0.717, 1.165) is 0 Å². The fourth-order valence-corrected chi connectivity index (χ4v) is 2.74. The van der Waals surface area contributed by atoms with Crippen molar-refractivity contribution in [3.63, 3.8) is 0 Å². The fourth-order valence-electron chi connectivity index (χ4n) is 2.74. The van der Waals surface area contributed by atoms with Crippen LogP contribution in [0, 0.1) is 120 Å².